The van der Waals surface area contributed by atoms with E-state index in [2.05, 4.69) is 39.7 Å². The summed E-state index contributed by atoms with van der Waals surface area (Å²) in [6.45, 7) is 14.0. The van der Waals surface area contributed by atoms with Gasteiger partial charge in [-0.05, 0) is 38.8 Å². The Hall–Kier alpha value is 0.394. The van der Waals surface area contributed by atoms with E-state index in [0.717, 1.165) is 0 Å². The monoisotopic (exact) mass is 260 g/mol. The molecular formula is C13H32OSi2. The van der Waals surface area contributed by atoms with Crippen LogP contribution < -0.4 is 0 Å². The van der Waals surface area contributed by atoms with Gasteiger partial charge in [-0.15, -0.1) is 0 Å². The lowest BCUT2D eigenvalue weighted by atomic mass is 10.1. The molecule has 0 aliphatic rings. The average Bonchev–Trinajstić information content (AvgIpc) is 2.06. The van der Waals surface area contributed by atoms with Gasteiger partial charge in [-0.3, -0.25) is 0 Å². The van der Waals surface area contributed by atoms with Gasteiger partial charge in [-0.25, -0.2) is 0 Å². The molecule has 0 aliphatic carbocycles. The molecule has 0 heterocycles. The van der Waals surface area contributed by atoms with E-state index in [0.29, 0.717) is 0 Å². The Bertz CT molecular complexity index is 173. The molecule has 0 saturated carbocycles. The van der Waals surface area contributed by atoms with Gasteiger partial charge < -0.3 is 4.12 Å². The van der Waals surface area contributed by atoms with Crippen molar-refractivity contribution in [2.75, 3.05) is 0 Å². The standard InChI is InChI=1S/C13H32OSi2/c1-7-8-9-10-11-12-13-16(5,6)14-15(2,3)4/h7-13H2,1-6H3. The van der Waals surface area contributed by atoms with E-state index in [1.54, 1.807) is 0 Å². The van der Waals surface area contributed by atoms with E-state index in [-0.39, 0.29) is 0 Å². The van der Waals surface area contributed by atoms with Gasteiger partial charge in [0.2, 0.25) is 0 Å². The molecule has 0 unspecified atom stereocenters. The molecule has 0 aromatic carbocycles. The van der Waals surface area contributed by atoms with Crippen molar-refractivity contribution in [3.05, 3.63) is 0 Å². The molecule has 0 bridgehead atoms. The molecule has 1 nitrogen and oxygen atoms in total. The highest BCUT2D eigenvalue weighted by atomic mass is 28.4. The molecule has 0 aromatic heterocycles. The molecule has 0 amide bonds. The second kappa shape index (κ2) is 7.67. The molecule has 98 valence electrons. The highest BCUT2D eigenvalue weighted by Gasteiger charge is 2.28. The summed E-state index contributed by atoms with van der Waals surface area (Å²) in [6.07, 6.45) is 8.39. The Morgan fingerprint density at radius 3 is 1.75 bits per heavy atom. The molecule has 0 saturated heterocycles. The Balaban J connectivity index is 3.58. The first-order valence-corrected chi connectivity index (χ1v) is 13.5. The molecule has 0 spiro atoms. The van der Waals surface area contributed by atoms with Crippen molar-refractivity contribution in [1.82, 2.24) is 0 Å². The van der Waals surface area contributed by atoms with Crippen LogP contribution in [0.1, 0.15) is 45.4 Å². The van der Waals surface area contributed by atoms with Crippen molar-refractivity contribution in [3.63, 3.8) is 0 Å². The Morgan fingerprint density at radius 1 is 0.750 bits per heavy atom. The van der Waals surface area contributed by atoms with Crippen LogP contribution in [0.4, 0.5) is 0 Å². The third kappa shape index (κ3) is 10.9. The molecular weight excluding hydrogens is 228 g/mol. The minimum atomic E-state index is -1.35. The van der Waals surface area contributed by atoms with Crippen LogP contribution in [0.5, 0.6) is 0 Å². The fourth-order valence-electron chi connectivity index (χ4n) is 2.21. The second-order valence-corrected chi connectivity index (χ2v) is 15.6. The van der Waals surface area contributed by atoms with Crippen molar-refractivity contribution in [1.29, 1.82) is 0 Å². The van der Waals surface area contributed by atoms with Crippen molar-refractivity contribution in [2.24, 2.45) is 0 Å². The summed E-state index contributed by atoms with van der Waals surface area (Å²) in [5.41, 5.74) is 0. The Morgan fingerprint density at radius 2 is 1.25 bits per heavy atom. The topological polar surface area (TPSA) is 9.23 Å². The van der Waals surface area contributed by atoms with Gasteiger partial charge >= 0.3 is 0 Å². The lowest BCUT2D eigenvalue weighted by Gasteiger charge is -2.31. The van der Waals surface area contributed by atoms with Crippen LogP contribution in [0.2, 0.25) is 38.8 Å². The van der Waals surface area contributed by atoms with E-state index in [9.17, 15) is 0 Å². The van der Waals surface area contributed by atoms with Gasteiger partial charge in [0.15, 0.2) is 16.6 Å². The van der Waals surface area contributed by atoms with Gasteiger partial charge in [0.05, 0.1) is 0 Å². The van der Waals surface area contributed by atoms with Crippen LogP contribution in [-0.2, 0) is 4.12 Å². The Kier molecular flexibility index (Phi) is 7.86. The van der Waals surface area contributed by atoms with E-state index in [1.807, 2.05) is 0 Å². The van der Waals surface area contributed by atoms with E-state index in [4.69, 9.17) is 4.12 Å². The van der Waals surface area contributed by atoms with Crippen molar-refractivity contribution in [3.8, 4) is 0 Å². The molecule has 0 fully saturated rings. The van der Waals surface area contributed by atoms with Gasteiger partial charge in [-0.2, -0.15) is 0 Å². The van der Waals surface area contributed by atoms with Gasteiger partial charge in [0, 0.05) is 0 Å². The highest BCUT2D eigenvalue weighted by molar-refractivity contribution is 6.84. The normalized spacial score (nSPS) is 13.1. The lowest BCUT2D eigenvalue weighted by Crippen LogP contribution is -2.42. The molecule has 0 aromatic rings. The summed E-state index contributed by atoms with van der Waals surface area (Å²) >= 11 is 0. The summed E-state index contributed by atoms with van der Waals surface area (Å²) < 4.78 is 6.33. The van der Waals surface area contributed by atoms with Crippen LogP contribution in [0.15, 0.2) is 0 Å². The zero-order valence-electron chi connectivity index (χ0n) is 12.4. The summed E-state index contributed by atoms with van der Waals surface area (Å²) in [5, 5.41) is 0. The fourth-order valence-corrected chi connectivity index (χ4v) is 10.4. The number of rotatable bonds is 9. The van der Waals surface area contributed by atoms with Gasteiger partial charge in [0.1, 0.15) is 0 Å². The minimum absolute atomic E-state index is 1.31. The van der Waals surface area contributed by atoms with Crippen LogP contribution in [0, 0.1) is 0 Å². The fraction of sp³-hybridized carbons (Fsp3) is 1.00. The summed E-state index contributed by atoms with van der Waals surface area (Å²) in [5.74, 6) is 0. The third-order valence-electron chi connectivity index (χ3n) is 2.71. The summed E-state index contributed by atoms with van der Waals surface area (Å²) in [6, 6.07) is 1.35. The maximum Gasteiger partial charge on any atom is 0.173 e. The molecule has 0 rings (SSSR count). The molecule has 3 heteroatoms. The first-order valence-electron chi connectivity index (χ1n) is 6.97. The Labute approximate surface area is 105 Å². The van der Waals surface area contributed by atoms with Gasteiger partial charge in [-0.1, -0.05) is 45.4 Å². The second-order valence-electron chi connectivity index (χ2n) is 6.49. The predicted molar refractivity (Wildman–Crippen MR) is 80.1 cm³/mol. The quantitative estimate of drug-likeness (QED) is 0.398. The molecule has 0 N–H and O–H groups in total. The van der Waals surface area contributed by atoms with Crippen molar-refractivity contribution in [2.45, 2.75) is 84.2 Å². The zero-order chi connectivity index (χ0) is 12.7. The van der Waals surface area contributed by atoms with Gasteiger partial charge in [0.25, 0.3) is 0 Å². The molecule has 16 heavy (non-hydrogen) atoms. The van der Waals surface area contributed by atoms with Crippen LogP contribution in [0.3, 0.4) is 0 Å². The third-order valence-corrected chi connectivity index (χ3v) is 8.93. The number of hydrogen-bond donors (Lipinski definition) is 0. The highest BCUT2D eigenvalue weighted by Crippen LogP contribution is 2.21. The largest absolute Gasteiger partial charge is 0.456 e. The molecule has 0 aliphatic heterocycles. The number of unbranched alkanes of at least 4 members (excludes halogenated alkanes) is 5. The predicted octanol–water partition coefficient (Wildman–Crippen LogP) is 5.40. The zero-order valence-corrected chi connectivity index (χ0v) is 14.4. The maximum atomic E-state index is 6.33. The molecule has 0 atom stereocenters. The first-order chi connectivity index (χ1) is 7.27. The smallest absolute Gasteiger partial charge is 0.173 e. The minimum Gasteiger partial charge on any atom is -0.456 e. The maximum absolute atomic E-state index is 6.33. The average molecular weight is 261 g/mol. The van der Waals surface area contributed by atoms with Crippen molar-refractivity contribution >= 4 is 16.6 Å². The number of hydrogen-bond acceptors (Lipinski definition) is 1. The van der Waals surface area contributed by atoms with Crippen LogP contribution >= 0.6 is 0 Å². The SMILES string of the molecule is CCCCCCCC[Si](C)(C)O[Si](C)(C)C. The van der Waals surface area contributed by atoms with Crippen molar-refractivity contribution < 1.29 is 4.12 Å². The summed E-state index contributed by atoms with van der Waals surface area (Å²) in [7, 11) is -2.66. The first kappa shape index (κ1) is 16.4. The molecule has 0 radical (unpaired) electrons. The summed E-state index contributed by atoms with van der Waals surface area (Å²) in [4.78, 5) is 0. The van der Waals surface area contributed by atoms with Crippen LogP contribution in [-0.4, -0.2) is 16.6 Å². The van der Waals surface area contributed by atoms with Crippen LogP contribution in [0.25, 0.3) is 0 Å². The lowest BCUT2D eigenvalue weighted by molar-refractivity contribution is 0.536. The van der Waals surface area contributed by atoms with E-state index >= 15 is 0 Å². The van der Waals surface area contributed by atoms with E-state index in [1.165, 1.54) is 44.6 Å². The van der Waals surface area contributed by atoms with E-state index < -0.39 is 16.6 Å².